The van der Waals surface area contributed by atoms with Gasteiger partial charge in [-0.25, -0.2) is 9.18 Å². The average molecular weight is 417 g/mol. The van der Waals surface area contributed by atoms with Crippen LogP contribution in [0.5, 0.6) is 0 Å². The molecule has 162 valence electrons. The normalized spacial score (nSPS) is 23.3. The van der Waals surface area contributed by atoms with Crippen LogP contribution in [0.3, 0.4) is 0 Å². The minimum absolute atomic E-state index is 0. The number of nitrogens with zero attached hydrogens (tertiary/aromatic N) is 2. The van der Waals surface area contributed by atoms with E-state index in [1.165, 1.54) is 6.20 Å². The zero-order valence-corrected chi connectivity index (χ0v) is 16.0. The number of aromatic carboxylic acids is 1. The van der Waals surface area contributed by atoms with Crippen LogP contribution in [0.4, 0.5) is 10.1 Å². The number of aliphatic hydroxyl groups is 1. The van der Waals surface area contributed by atoms with Gasteiger partial charge in [-0.2, -0.15) is 0 Å². The topological polar surface area (TPSA) is 94.8 Å². The largest absolute Gasteiger partial charge is 0.477 e. The number of hydrogen-bond donors (Lipinski definition) is 3. The third-order valence-electron chi connectivity index (χ3n) is 6.58. The number of rotatable bonds is 4. The van der Waals surface area contributed by atoms with Crippen LogP contribution in [0.2, 0.25) is 0 Å². The Kier molecular flexibility index (Phi) is 5.32. The van der Waals surface area contributed by atoms with E-state index in [0.29, 0.717) is 41.8 Å². The second kappa shape index (κ2) is 7.67. The Bertz CT molecular complexity index is 1050. The third-order valence-corrected chi connectivity index (χ3v) is 6.58. The molecule has 2 aromatic rings. The highest BCUT2D eigenvalue weighted by Gasteiger charge is 2.37. The molecule has 0 radical (unpaired) electrons. The van der Waals surface area contributed by atoms with E-state index in [2.05, 4.69) is 5.32 Å². The van der Waals surface area contributed by atoms with Crippen LogP contribution in [0.25, 0.3) is 10.9 Å². The van der Waals surface area contributed by atoms with Gasteiger partial charge in [0, 0.05) is 42.3 Å². The van der Waals surface area contributed by atoms with Crippen molar-refractivity contribution in [1.82, 2.24) is 9.88 Å². The first-order valence-corrected chi connectivity index (χ1v) is 10.2. The van der Waals surface area contributed by atoms with Crippen LogP contribution >= 0.6 is 0 Å². The second-order valence-electron chi connectivity index (χ2n) is 8.42. The summed E-state index contributed by atoms with van der Waals surface area (Å²) in [7, 11) is 0. The van der Waals surface area contributed by atoms with Crippen molar-refractivity contribution in [3.05, 3.63) is 39.4 Å². The molecular weight excluding hydrogens is 389 g/mol. The van der Waals surface area contributed by atoms with Crippen molar-refractivity contribution in [2.75, 3.05) is 24.5 Å². The lowest BCUT2D eigenvalue weighted by molar-refractivity contribution is 0.0695. The quantitative estimate of drug-likeness (QED) is 0.708. The fourth-order valence-electron chi connectivity index (χ4n) is 5.07. The minimum atomic E-state index is -1.32. The lowest BCUT2D eigenvalue weighted by Gasteiger charge is -2.25. The smallest absolute Gasteiger partial charge is 0.341 e. The molecule has 2 aliphatic heterocycles. The van der Waals surface area contributed by atoms with Gasteiger partial charge in [-0.05, 0) is 44.2 Å². The summed E-state index contributed by atoms with van der Waals surface area (Å²) < 4.78 is 17.0. The Hall–Kier alpha value is -2.45. The number of benzene rings is 1. The summed E-state index contributed by atoms with van der Waals surface area (Å²) in [4.78, 5) is 26.3. The highest BCUT2D eigenvalue weighted by atomic mass is 19.1. The van der Waals surface area contributed by atoms with Gasteiger partial charge >= 0.3 is 5.97 Å². The van der Waals surface area contributed by atoms with Crippen LogP contribution in [0.1, 0.15) is 55.1 Å². The number of hydrogen-bond acceptors (Lipinski definition) is 5. The Labute approximate surface area is 174 Å². The summed E-state index contributed by atoms with van der Waals surface area (Å²) in [5, 5.41) is 23.2. The molecule has 3 heterocycles. The van der Waals surface area contributed by atoms with Crippen molar-refractivity contribution >= 4 is 22.6 Å². The van der Waals surface area contributed by atoms with Crippen molar-refractivity contribution in [3.8, 4) is 0 Å². The van der Waals surface area contributed by atoms with Crippen LogP contribution < -0.4 is 15.6 Å². The number of carboxylic acid groups (broad SMARTS) is 1. The molecule has 3 N–H and O–H groups in total. The number of carboxylic acids is 1. The Morgan fingerprint density at radius 3 is 2.67 bits per heavy atom. The Balaban J connectivity index is 0.00000218. The highest BCUT2D eigenvalue weighted by molar-refractivity contribution is 5.95. The first kappa shape index (κ1) is 20.8. The SMILES string of the molecule is C.O=C(O)c1cn(C2CC2)c2c(CO)c(N3C[C@@H]4CCCN[C@@H]4C3)c(F)cc2c1=O. The second-order valence-corrected chi connectivity index (χ2v) is 8.42. The first-order valence-electron chi connectivity index (χ1n) is 10.2. The summed E-state index contributed by atoms with van der Waals surface area (Å²) in [6.45, 7) is 1.90. The molecule has 1 aromatic heterocycles. The van der Waals surface area contributed by atoms with Crippen LogP contribution in [0, 0.1) is 11.7 Å². The molecular formula is C22H28FN3O4. The number of piperidine rings is 1. The predicted molar refractivity (Wildman–Crippen MR) is 113 cm³/mol. The number of halogens is 1. The van der Waals surface area contributed by atoms with Gasteiger partial charge in [0.2, 0.25) is 5.43 Å². The van der Waals surface area contributed by atoms with Gasteiger partial charge < -0.3 is 25.0 Å². The molecule has 0 spiro atoms. The van der Waals surface area contributed by atoms with E-state index in [4.69, 9.17) is 0 Å². The number of pyridine rings is 1. The standard InChI is InChI=1S/C21H24FN3O4.CH4/c22-16-6-13-18(25(12-3-4-12)8-14(20(13)27)21(28)29)15(10-26)19(16)24-7-11-2-1-5-23-17(11)9-24;/h6,8,11-12,17,23,26H,1-5,7,9-10H2,(H,28,29);1H4/t11-,17+;/m0./s1. The zero-order chi connectivity index (χ0) is 20.3. The maximum absolute atomic E-state index is 15.3. The number of aromatic nitrogens is 1. The van der Waals surface area contributed by atoms with E-state index < -0.39 is 23.8 Å². The molecule has 0 amide bonds. The number of anilines is 1. The van der Waals surface area contributed by atoms with Crippen LogP contribution in [-0.4, -0.2) is 46.4 Å². The third kappa shape index (κ3) is 3.18. The maximum atomic E-state index is 15.3. The number of aliphatic hydroxyl groups excluding tert-OH is 1. The summed E-state index contributed by atoms with van der Waals surface area (Å²) >= 11 is 0. The van der Waals surface area contributed by atoms with Gasteiger partial charge in [-0.15, -0.1) is 0 Å². The van der Waals surface area contributed by atoms with Crippen molar-refractivity contribution in [2.45, 2.75) is 51.8 Å². The van der Waals surface area contributed by atoms with Gasteiger partial charge in [0.1, 0.15) is 11.4 Å². The molecule has 0 unspecified atom stereocenters. The number of nitrogens with one attached hydrogen (secondary N) is 1. The summed E-state index contributed by atoms with van der Waals surface area (Å²) in [6, 6.07) is 1.53. The lowest BCUT2D eigenvalue weighted by atomic mass is 9.94. The van der Waals surface area contributed by atoms with E-state index in [0.717, 1.165) is 38.3 Å². The molecule has 5 rings (SSSR count). The summed E-state index contributed by atoms with van der Waals surface area (Å²) in [6.07, 6.45) is 5.28. The summed E-state index contributed by atoms with van der Waals surface area (Å²) in [5.41, 5.74) is 0.107. The van der Waals surface area contributed by atoms with Crippen molar-refractivity contribution in [1.29, 1.82) is 0 Å². The molecule has 1 aromatic carbocycles. The maximum Gasteiger partial charge on any atom is 0.341 e. The fraction of sp³-hybridized carbons (Fsp3) is 0.545. The van der Waals surface area contributed by atoms with Crippen LogP contribution in [-0.2, 0) is 6.61 Å². The molecule has 1 aliphatic carbocycles. The van der Waals surface area contributed by atoms with E-state index in [-0.39, 0.29) is 24.4 Å². The van der Waals surface area contributed by atoms with Gasteiger partial charge in [-0.3, -0.25) is 4.79 Å². The van der Waals surface area contributed by atoms with E-state index in [1.807, 2.05) is 4.90 Å². The van der Waals surface area contributed by atoms with Gasteiger partial charge in [0.25, 0.3) is 0 Å². The van der Waals surface area contributed by atoms with Gasteiger partial charge in [0.15, 0.2) is 0 Å². The molecule has 3 fully saturated rings. The minimum Gasteiger partial charge on any atom is -0.477 e. The average Bonchev–Trinajstić information content (AvgIpc) is 3.45. The molecule has 0 bridgehead atoms. The van der Waals surface area contributed by atoms with Crippen molar-refractivity contribution < 1.29 is 19.4 Å². The monoisotopic (exact) mass is 417 g/mol. The molecule has 7 nitrogen and oxygen atoms in total. The van der Waals surface area contributed by atoms with E-state index in [1.54, 1.807) is 4.57 Å². The molecule has 2 atom stereocenters. The molecule has 30 heavy (non-hydrogen) atoms. The fourth-order valence-corrected chi connectivity index (χ4v) is 5.07. The lowest BCUT2D eigenvalue weighted by Crippen LogP contribution is -2.40. The van der Waals surface area contributed by atoms with Crippen molar-refractivity contribution in [2.24, 2.45) is 5.92 Å². The highest BCUT2D eigenvalue weighted by Crippen LogP contribution is 2.41. The van der Waals surface area contributed by atoms with Crippen LogP contribution in [0.15, 0.2) is 17.1 Å². The Morgan fingerprint density at radius 2 is 2.03 bits per heavy atom. The van der Waals surface area contributed by atoms with E-state index in [9.17, 15) is 19.8 Å². The van der Waals surface area contributed by atoms with E-state index >= 15 is 4.39 Å². The molecule has 8 heteroatoms. The van der Waals surface area contributed by atoms with Gasteiger partial charge in [0.05, 0.1) is 17.8 Å². The Morgan fingerprint density at radius 1 is 1.27 bits per heavy atom. The number of carbonyl (C=O) groups is 1. The van der Waals surface area contributed by atoms with Crippen molar-refractivity contribution in [3.63, 3.8) is 0 Å². The molecule has 2 saturated heterocycles. The van der Waals surface area contributed by atoms with Gasteiger partial charge in [-0.1, -0.05) is 7.43 Å². The predicted octanol–water partition coefficient (Wildman–Crippen LogP) is 2.49. The number of fused-ring (bicyclic) bond motifs is 2. The summed E-state index contributed by atoms with van der Waals surface area (Å²) in [5.74, 6) is -1.47. The molecule has 1 saturated carbocycles. The zero-order valence-electron chi connectivity index (χ0n) is 16.0. The first-order chi connectivity index (χ1) is 14.0. The molecule has 3 aliphatic rings.